The van der Waals surface area contributed by atoms with Crippen LogP contribution in [0.25, 0.3) is 0 Å². The zero-order chi connectivity index (χ0) is 15.4. The van der Waals surface area contributed by atoms with E-state index in [4.69, 9.17) is 0 Å². The standard InChI is InChI=1S/C16H16N2O3/c1-12-7-3-5-9-15(12)17(13(2)19)11-14-8-4-6-10-16(14)18(20)21/h3-10H,11H2,1-2H3. The number of hydrogen-bond acceptors (Lipinski definition) is 3. The number of amides is 1. The van der Waals surface area contributed by atoms with Crippen molar-refractivity contribution in [1.29, 1.82) is 0 Å². The van der Waals surface area contributed by atoms with Gasteiger partial charge in [-0.25, -0.2) is 0 Å². The van der Waals surface area contributed by atoms with Gasteiger partial charge in [0.15, 0.2) is 0 Å². The Labute approximate surface area is 123 Å². The van der Waals surface area contributed by atoms with Gasteiger partial charge in [-0.05, 0) is 18.6 Å². The van der Waals surface area contributed by atoms with E-state index in [9.17, 15) is 14.9 Å². The number of rotatable bonds is 4. The largest absolute Gasteiger partial charge is 0.308 e. The monoisotopic (exact) mass is 284 g/mol. The lowest BCUT2D eigenvalue weighted by Crippen LogP contribution is -2.28. The van der Waals surface area contributed by atoms with Gasteiger partial charge in [0, 0.05) is 24.2 Å². The van der Waals surface area contributed by atoms with Crippen LogP contribution in [0.1, 0.15) is 18.1 Å². The maximum absolute atomic E-state index is 11.9. The summed E-state index contributed by atoms with van der Waals surface area (Å²) in [6.45, 7) is 3.54. The number of carbonyl (C=O) groups is 1. The predicted molar refractivity (Wildman–Crippen MR) is 81.1 cm³/mol. The Bertz CT molecular complexity index is 683. The SMILES string of the molecule is CC(=O)N(Cc1ccccc1[N+](=O)[O-])c1ccccc1C. The zero-order valence-corrected chi connectivity index (χ0v) is 11.9. The fraction of sp³-hybridized carbons (Fsp3) is 0.188. The first-order valence-electron chi connectivity index (χ1n) is 6.56. The van der Waals surface area contributed by atoms with Crippen LogP contribution in [0.2, 0.25) is 0 Å². The fourth-order valence-electron chi connectivity index (χ4n) is 2.23. The summed E-state index contributed by atoms with van der Waals surface area (Å²) in [5.41, 5.74) is 2.26. The van der Waals surface area contributed by atoms with Crippen LogP contribution in [0.5, 0.6) is 0 Å². The molecule has 0 bridgehead atoms. The molecule has 0 fully saturated rings. The van der Waals surface area contributed by atoms with Crippen molar-refractivity contribution in [3.8, 4) is 0 Å². The van der Waals surface area contributed by atoms with Gasteiger partial charge in [-0.2, -0.15) is 0 Å². The number of carbonyl (C=O) groups excluding carboxylic acids is 1. The quantitative estimate of drug-likeness (QED) is 0.638. The molecule has 0 spiro atoms. The number of nitrogens with zero attached hydrogens (tertiary/aromatic N) is 2. The Kier molecular flexibility index (Phi) is 4.33. The van der Waals surface area contributed by atoms with E-state index in [1.807, 2.05) is 31.2 Å². The molecule has 0 unspecified atom stereocenters. The Morgan fingerprint density at radius 1 is 1.14 bits per heavy atom. The van der Waals surface area contributed by atoms with Gasteiger partial charge in [-0.15, -0.1) is 0 Å². The number of anilines is 1. The van der Waals surface area contributed by atoms with Gasteiger partial charge in [0.2, 0.25) is 5.91 Å². The minimum atomic E-state index is -0.425. The summed E-state index contributed by atoms with van der Waals surface area (Å²) in [6, 6.07) is 14.0. The molecular weight excluding hydrogens is 268 g/mol. The molecule has 5 nitrogen and oxygen atoms in total. The van der Waals surface area contributed by atoms with Crippen molar-refractivity contribution in [2.24, 2.45) is 0 Å². The Balaban J connectivity index is 2.41. The lowest BCUT2D eigenvalue weighted by atomic mass is 10.1. The number of hydrogen-bond donors (Lipinski definition) is 0. The number of benzene rings is 2. The molecule has 21 heavy (non-hydrogen) atoms. The van der Waals surface area contributed by atoms with Crippen molar-refractivity contribution >= 4 is 17.3 Å². The fourth-order valence-corrected chi connectivity index (χ4v) is 2.23. The summed E-state index contributed by atoms with van der Waals surface area (Å²) in [6.07, 6.45) is 0. The van der Waals surface area contributed by atoms with Crippen molar-refractivity contribution in [2.45, 2.75) is 20.4 Å². The third-order valence-corrected chi connectivity index (χ3v) is 3.30. The van der Waals surface area contributed by atoms with Crippen LogP contribution >= 0.6 is 0 Å². The minimum Gasteiger partial charge on any atom is -0.308 e. The summed E-state index contributed by atoms with van der Waals surface area (Å²) in [5, 5.41) is 11.1. The third kappa shape index (κ3) is 3.25. The van der Waals surface area contributed by atoms with Crippen molar-refractivity contribution in [3.05, 3.63) is 69.8 Å². The van der Waals surface area contributed by atoms with Crippen LogP contribution < -0.4 is 4.90 Å². The Hall–Kier alpha value is -2.69. The highest BCUT2D eigenvalue weighted by Gasteiger charge is 2.19. The molecule has 0 heterocycles. The molecule has 0 aliphatic rings. The van der Waals surface area contributed by atoms with Crippen LogP contribution in [-0.2, 0) is 11.3 Å². The van der Waals surface area contributed by atoms with Crippen molar-refractivity contribution in [1.82, 2.24) is 0 Å². The van der Waals surface area contributed by atoms with E-state index in [1.54, 1.807) is 23.1 Å². The molecule has 0 aromatic heterocycles. The van der Waals surface area contributed by atoms with Gasteiger partial charge in [-0.3, -0.25) is 14.9 Å². The molecule has 0 aliphatic heterocycles. The average molecular weight is 284 g/mol. The van der Waals surface area contributed by atoms with E-state index < -0.39 is 4.92 Å². The predicted octanol–water partition coefficient (Wildman–Crippen LogP) is 3.46. The summed E-state index contributed by atoms with van der Waals surface area (Å²) < 4.78 is 0. The van der Waals surface area contributed by atoms with Gasteiger partial charge in [0.05, 0.1) is 11.5 Å². The number of para-hydroxylation sites is 2. The molecule has 108 valence electrons. The maximum Gasteiger partial charge on any atom is 0.274 e. The lowest BCUT2D eigenvalue weighted by Gasteiger charge is -2.23. The molecule has 0 saturated carbocycles. The first kappa shape index (κ1) is 14.7. The second kappa shape index (κ2) is 6.17. The van der Waals surface area contributed by atoms with Gasteiger partial charge >= 0.3 is 0 Å². The Morgan fingerprint density at radius 2 is 1.76 bits per heavy atom. The zero-order valence-electron chi connectivity index (χ0n) is 11.9. The van der Waals surface area contributed by atoms with Crippen LogP contribution in [0.4, 0.5) is 11.4 Å². The highest BCUT2D eigenvalue weighted by molar-refractivity contribution is 5.92. The third-order valence-electron chi connectivity index (χ3n) is 3.30. The van der Waals surface area contributed by atoms with Crippen LogP contribution in [0, 0.1) is 17.0 Å². The van der Waals surface area contributed by atoms with E-state index in [0.717, 1.165) is 11.3 Å². The second-order valence-electron chi connectivity index (χ2n) is 4.78. The molecule has 0 saturated heterocycles. The molecule has 2 aromatic rings. The van der Waals surface area contributed by atoms with Crippen molar-refractivity contribution in [3.63, 3.8) is 0 Å². The highest BCUT2D eigenvalue weighted by Crippen LogP contribution is 2.25. The van der Waals surface area contributed by atoms with Crippen LogP contribution in [-0.4, -0.2) is 10.8 Å². The minimum absolute atomic E-state index is 0.0253. The normalized spacial score (nSPS) is 10.2. The van der Waals surface area contributed by atoms with E-state index in [2.05, 4.69) is 0 Å². The van der Waals surface area contributed by atoms with Gasteiger partial charge in [0.1, 0.15) is 0 Å². The molecule has 0 atom stereocenters. The topological polar surface area (TPSA) is 63.5 Å². The lowest BCUT2D eigenvalue weighted by molar-refractivity contribution is -0.385. The van der Waals surface area contributed by atoms with Crippen molar-refractivity contribution in [2.75, 3.05) is 4.90 Å². The Morgan fingerprint density at radius 3 is 2.38 bits per heavy atom. The molecule has 0 aliphatic carbocycles. The van der Waals surface area contributed by atoms with Gasteiger partial charge < -0.3 is 4.90 Å². The smallest absolute Gasteiger partial charge is 0.274 e. The molecule has 0 N–H and O–H groups in total. The van der Waals surface area contributed by atoms with E-state index in [-0.39, 0.29) is 18.1 Å². The summed E-state index contributed by atoms with van der Waals surface area (Å²) in [7, 11) is 0. The van der Waals surface area contributed by atoms with Gasteiger partial charge in [0.25, 0.3) is 5.69 Å². The van der Waals surface area contributed by atoms with E-state index in [0.29, 0.717) is 5.56 Å². The molecule has 0 radical (unpaired) electrons. The van der Waals surface area contributed by atoms with E-state index in [1.165, 1.54) is 13.0 Å². The van der Waals surface area contributed by atoms with Crippen molar-refractivity contribution < 1.29 is 9.72 Å². The van der Waals surface area contributed by atoms with Crippen LogP contribution in [0.3, 0.4) is 0 Å². The number of nitro groups is 1. The summed E-state index contributed by atoms with van der Waals surface area (Å²) >= 11 is 0. The van der Waals surface area contributed by atoms with Gasteiger partial charge in [-0.1, -0.05) is 36.4 Å². The average Bonchev–Trinajstić information content (AvgIpc) is 2.45. The molecular formula is C16H16N2O3. The summed E-state index contributed by atoms with van der Waals surface area (Å²) in [4.78, 5) is 24.1. The van der Waals surface area contributed by atoms with Crippen LogP contribution in [0.15, 0.2) is 48.5 Å². The molecule has 2 rings (SSSR count). The van der Waals surface area contributed by atoms with E-state index >= 15 is 0 Å². The number of nitro benzene ring substituents is 1. The maximum atomic E-state index is 11.9. The highest BCUT2D eigenvalue weighted by atomic mass is 16.6. The number of aryl methyl sites for hydroxylation is 1. The molecule has 5 heteroatoms. The first-order chi connectivity index (χ1) is 10.0. The summed E-state index contributed by atoms with van der Waals surface area (Å²) in [5.74, 6) is -0.151. The molecule has 2 aromatic carbocycles. The first-order valence-corrected chi connectivity index (χ1v) is 6.56. The molecule has 1 amide bonds. The second-order valence-corrected chi connectivity index (χ2v) is 4.78.